The number of rotatable bonds is 3. The Balaban J connectivity index is 2.27. The molecule has 1 aromatic rings. The first-order valence-electron chi connectivity index (χ1n) is 5.46. The van der Waals surface area contributed by atoms with Crippen LogP contribution in [0.2, 0.25) is 0 Å². The quantitative estimate of drug-likeness (QED) is 0.734. The predicted molar refractivity (Wildman–Crippen MR) is 64.6 cm³/mol. The van der Waals surface area contributed by atoms with Gasteiger partial charge in [0.15, 0.2) is 0 Å². The lowest BCUT2D eigenvalue weighted by Gasteiger charge is -2.37. The van der Waals surface area contributed by atoms with E-state index >= 15 is 0 Å². The summed E-state index contributed by atoms with van der Waals surface area (Å²) in [7, 11) is 2.16. The maximum absolute atomic E-state index is 5.93. The summed E-state index contributed by atoms with van der Waals surface area (Å²) in [5, 5.41) is 0. The Morgan fingerprint density at radius 3 is 2.80 bits per heavy atom. The number of halogens is 1. The monoisotopic (exact) mass is 224 g/mol. The summed E-state index contributed by atoms with van der Waals surface area (Å²) in [6.45, 7) is 2.02. The summed E-state index contributed by atoms with van der Waals surface area (Å²) in [6.07, 6.45) is 5.86. The molecule has 0 bridgehead atoms. The van der Waals surface area contributed by atoms with Crippen LogP contribution in [0.15, 0.2) is 12.3 Å². The van der Waals surface area contributed by atoms with Crippen molar-refractivity contribution in [1.29, 1.82) is 0 Å². The zero-order chi connectivity index (χ0) is 10.8. The van der Waals surface area contributed by atoms with Gasteiger partial charge in [0.25, 0.3) is 0 Å². The van der Waals surface area contributed by atoms with Crippen LogP contribution in [0.5, 0.6) is 0 Å². The van der Waals surface area contributed by atoms with Crippen LogP contribution in [0.4, 0.5) is 5.69 Å². The Morgan fingerprint density at radius 1 is 1.53 bits per heavy atom. The number of hydrogen-bond acceptors (Lipinski definition) is 2. The van der Waals surface area contributed by atoms with Crippen LogP contribution < -0.4 is 4.90 Å². The van der Waals surface area contributed by atoms with Crippen molar-refractivity contribution in [2.45, 2.75) is 38.1 Å². The number of pyridine rings is 1. The van der Waals surface area contributed by atoms with Crippen molar-refractivity contribution < 1.29 is 0 Å². The van der Waals surface area contributed by atoms with Gasteiger partial charge in [-0.3, -0.25) is 4.98 Å². The Bertz CT molecular complexity index is 347. The molecule has 0 unspecified atom stereocenters. The molecule has 1 aliphatic carbocycles. The summed E-state index contributed by atoms with van der Waals surface area (Å²) in [5.41, 5.74) is 3.45. The Kier molecular flexibility index (Phi) is 3.15. The predicted octanol–water partition coefficient (Wildman–Crippen LogP) is 3.12. The minimum atomic E-state index is 0.541. The molecule has 0 amide bonds. The van der Waals surface area contributed by atoms with Gasteiger partial charge >= 0.3 is 0 Å². The minimum absolute atomic E-state index is 0.541. The largest absolute Gasteiger partial charge is 0.371 e. The van der Waals surface area contributed by atoms with Crippen LogP contribution in [0.1, 0.15) is 30.5 Å². The van der Waals surface area contributed by atoms with Gasteiger partial charge in [-0.05, 0) is 32.3 Å². The highest BCUT2D eigenvalue weighted by Gasteiger charge is 2.23. The zero-order valence-corrected chi connectivity index (χ0v) is 10.1. The van der Waals surface area contributed by atoms with Crippen molar-refractivity contribution >= 4 is 17.3 Å². The van der Waals surface area contributed by atoms with E-state index in [0.29, 0.717) is 11.9 Å². The second-order valence-electron chi connectivity index (χ2n) is 4.28. The normalized spacial score (nSPS) is 16.2. The molecule has 0 aliphatic heterocycles. The van der Waals surface area contributed by atoms with Crippen LogP contribution in [0.3, 0.4) is 0 Å². The fraction of sp³-hybridized carbons (Fsp3) is 0.583. The molecule has 1 aromatic heterocycles. The molecule has 82 valence electrons. The van der Waals surface area contributed by atoms with Gasteiger partial charge in [-0.15, -0.1) is 11.6 Å². The number of hydrogen-bond donors (Lipinski definition) is 0. The first kappa shape index (κ1) is 10.7. The maximum Gasteiger partial charge on any atom is 0.0509 e. The van der Waals surface area contributed by atoms with Gasteiger partial charge in [-0.25, -0.2) is 0 Å². The number of aryl methyl sites for hydroxylation is 1. The van der Waals surface area contributed by atoms with Crippen LogP contribution in [0, 0.1) is 6.92 Å². The fourth-order valence-corrected chi connectivity index (χ4v) is 2.18. The van der Waals surface area contributed by atoms with Gasteiger partial charge in [-0.2, -0.15) is 0 Å². The molecular formula is C12H17ClN2. The SMILES string of the molecule is Cc1cc(N(C)C2CCC2)c(CCl)cn1. The molecule has 1 fully saturated rings. The minimum Gasteiger partial charge on any atom is -0.371 e. The zero-order valence-electron chi connectivity index (χ0n) is 9.33. The molecule has 3 heteroatoms. The summed E-state index contributed by atoms with van der Waals surface area (Å²) >= 11 is 5.93. The molecule has 15 heavy (non-hydrogen) atoms. The molecule has 2 rings (SSSR count). The van der Waals surface area contributed by atoms with Gasteiger partial charge in [0, 0.05) is 36.2 Å². The lowest BCUT2D eigenvalue weighted by Crippen LogP contribution is -2.37. The Hall–Kier alpha value is -0.760. The second kappa shape index (κ2) is 4.40. The highest BCUT2D eigenvalue weighted by Crippen LogP contribution is 2.30. The van der Waals surface area contributed by atoms with Crippen LogP contribution in [-0.4, -0.2) is 18.1 Å². The molecule has 1 heterocycles. The van der Waals surface area contributed by atoms with Gasteiger partial charge in [0.05, 0.1) is 5.88 Å². The molecule has 0 saturated heterocycles. The second-order valence-corrected chi connectivity index (χ2v) is 4.55. The fourth-order valence-electron chi connectivity index (χ4n) is 1.98. The molecule has 1 aliphatic rings. The average Bonchev–Trinajstić information content (AvgIpc) is 2.15. The van der Waals surface area contributed by atoms with E-state index in [1.54, 1.807) is 0 Å². The molecule has 2 nitrogen and oxygen atoms in total. The van der Waals surface area contributed by atoms with E-state index < -0.39 is 0 Å². The topological polar surface area (TPSA) is 16.1 Å². The summed E-state index contributed by atoms with van der Waals surface area (Å²) in [6, 6.07) is 2.84. The number of nitrogens with zero attached hydrogens (tertiary/aromatic N) is 2. The highest BCUT2D eigenvalue weighted by molar-refractivity contribution is 6.17. The van der Waals surface area contributed by atoms with Gasteiger partial charge in [0.2, 0.25) is 0 Å². The Morgan fingerprint density at radius 2 is 2.27 bits per heavy atom. The lowest BCUT2D eigenvalue weighted by molar-refractivity contribution is 0.400. The van der Waals surface area contributed by atoms with E-state index in [2.05, 4.69) is 23.0 Å². The summed E-state index contributed by atoms with van der Waals surface area (Å²) in [5.74, 6) is 0.541. The molecule has 0 atom stereocenters. The third-order valence-corrected chi connectivity index (χ3v) is 3.53. The van der Waals surface area contributed by atoms with Crippen molar-refractivity contribution in [3.8, 4) is 0 Å². The van der Waals surface area contributed by atoms with Gasteiger partial charge in [0.1, 0.15) is 0 Å². The van der Waals surface area contributed by atoms with E-state index in [-0.39, 0.29) is 0 Å². The molecular weight excluding hydrogens is 208 g/mol. The highest BCUT2D eigenvalue weighted by atomic mass is 35.5. The van der Waals surface area contributed by atoms with Crippen molar-refractivity contribution in [1.82, 2.24) is 4.98 Å². The van der Waals surface area contributed by atoms with E-state index in [1.165, 1.54) is 24.9 Å². The van der Waals surface area contributed by atoms with Crippen molar-refractivity contribution in [2.75, 3.05) is 11.9 Å². The third-order valence-electron chi connectivity index (χ3n) is 3.25. The first-order chi connectivity index (χ1) is 7.22. The Labute approximate surface area is 96.3 Å². The molecule has 0 radical (unpaired) electrons. The third kappa shape index (κ3) is 2.10. The first-order valence-corrected chi connectivity index (χ1v) is 6.00. The van der Waals surface area contributed by atoms with E-state index in [9.17, 15) is 0 Å². The molecule has 0 N–H and O–H groups in total. The summed E-state index contributed by atoms with van der Waals surface area (Å²) in [4.78, 5) is 6.64. The number of anilines is 1. The molecule has 0 spiro atoms. The van der Waals surface area contributed by atoms with E-state index in [1.807, 2.05) is 13.1 Å². The van der Waals surface area contributed by atoms with Crippen molar-refractivity contribution in [2.24, 2.45) is 0 Å². The van der Waals surface area contributed by atoms with Crippen LogP contribution in [0.25, 0.3) is 0 Å². The number of alkyl halides is 1. The van der Waals surface area contributed by atoms with Gasteiger partial charge < -0.3 is 4.90 Å². The smallest absolute Gasteiger partial charge is 0.0509 e. The van der Waals surface area contributed by atoms with Crippen LogP contribution >= 0.6 is 11.6 Å². The number of aromatic nitrogens is 1. The lowest BCUT2D eigenvalue weighted by atomic mass is 9.91. The standard InChI is InChI=1S/C12H17ClN2/c1-9-6-12(10(7-13)8-14-9)15(2)11-4-3-5-11/h6,8,11H,3-5,7H2,1-2H3. The van der Waals surface area contributed by atoms with E-state index in [0.717, 1.165) is 11.3 Å². The summed E-state index contributed by atoms with van der Waals surface area (Å²) < 4.78 is 0. The average molecular weight is 225 g/mol. The van der Waals surface area contributed by atoms with Crippen molar-refractivity contribution in [3.05, 3.63) is 23.5 Å². The van der Waals surface area contributed by atoms with Crippen molar-refractivity contribution in [3.63, 3.8) is 0 Å². The molecule has 0 aromatic carbocycles. The maximum atomic E-state index is 5.93. The van der Waals surface area contributed by atoms with Gasteiger partial charge in [-0.1, -0.05) is 0 Å². The van der Waals surface area contributed by atoms with E-state index in [4.69, 9.17) is 11.6 Å². The van der Waals surface area contributed by atoms with Crippen LogP contribution in [-0.2, 0) is 5.88 Å². The molecule has 1 saturated carbocycles.